The largest absolute Gasteiger partial charge is 0.478 e. The summed E-state index contributed by atoms with van der Waals surface area (Å²) >= 11 is 0. The van der Waals surface area contributed by atoms with Gasteiger partial charge in [0.05, 0.1) is 11.5 Å². The van der Waals surface area contributed by atoms with Crippen LogP contribution in [0.1, 0.15) is 45.4 Å². The molecule has 23 heavy (non-hydrogen) atoms. The number of nitrogens with zero attached hydrogens (tertiary/aromatic N) is 2. The summed E-state index contributed by atoms with van der Waals surface area (Å²) in [4.78, 5) is 36.1. The summed E-state index contributed by atoms with van der Waals surface area (Å²) in [6, 6.07) is 5.82. The van der Waals surface area contributed by atoms with Gasteiger partial charge >= 0.3 is 11.7 Å². The van der Waals surface area contributed by atoms with Gasteiger partial charge in [0.15, 0.2) is 0 Å². The number of nitrogens with one attached hydrogen (secondary N) is 1. The minimum Gasteiger partial charge on any atom is -0.478 e. The van der Waals surface area contributed by atoms with Crippen LogP contribution in [0.4, 0.5) is 0 Å². The van der Waals surface area contributed by atoms with Crippen molar-refractivity contribution in [2.45, 2.75) is 18.8 Å². The van der Waals surface area contributed by atoms with E-state index < -0.39 is 11.7 Å². The Hall–Kier alpha value is -2.90. The first-order valence-corrected chi connectivity index (χ1v) is 7.22. The van der Waals surface area contributed by atoms with Gasteiger partial charge in [-0.25, -0.2) is 14.7 Å². The van der Waals surface area contributed by atoms with Crippen molar-refractivity contribution in [1.29, 1.82) is 0 Å². The Morgan fingerprint density at radius 1 is 1.26 bits per heavy atom. The average Bonchev–Trinajstić information content (AvgIpc) is 3.01. The smallest absolute Gasteiger partial charge is 0.434 e. The van der Waals surface area contributed by atoms with E-state index in [2.05, 4.69) is 10.2 Å². The van der Waals surface area contributed by atoms with Crippen LogP contribution < -0.4 is 5.76 Å². The van der Waals surface area contributed by atoms with Gasteiger partial charge in [-0.05, 0) is 37.1 Å². The number of likely N-dealkylation sites (tertiary alicyclic amines) is 1. The molecular weight excluding hydrogens is 302 g/mol. The molecule has 0 saturated carbocycles. The van der Waals surface area contributed by atoms with Crippen LogP contribution >= 0.6 is 0 Å². The molecule has 3 rings (SSSR count). The second-order valence-corrected chi connectivity index (χ2v) is 5.42. The third-order valence-corrected chi connectivity index (χ3v) is 3.89. The van der Waals surface area contributed by atoms with Crippen LogP contribution in [0.15, 0.2) is 33.5 Å². The van der Waals surface area contributed by atoms with Crippen LogP contribution in [0.5, 0.6) is 0 Å². The molecule has 1 atom stereocenters. The highest BCUT2D eigenvalue weighted by molar-refractivity contribution is 5.96. The number of aromatic nitrogens is 2. The number of carbonyl (C=O) groups is 2. The Labute approximate surface area is 130 Å². The molecule has 0 bridgehead atoms. The van der Waals surface area contributed by atoms with Gasteiger partial charge in [-0.1, -0.05) is 0 Å². The van der Waals surface area contributed by atoms with Crippen LogP contribution in [0, 0.1) is 0 Å². The number of hydrogen-bond acceptors (Lipinski definition) is 5. The van der Waals surface area contributed by atoms with Crippen molar-refractivity contribution in [3.63, 3.8) is 0 Å². The second-order valence-electron chi connectivity index (χ2n) is 5.42. The topological polar surface area (TPSA) is 116 Å². The summed E-state index contributed by atoms with van der Waals surface area (Å²) < 4.78 is 4.97. The van der Waals surface area contributed by atoms with E-state index in [-0.39, 0.29) is 17.4 Å². The van der Waals surface area contributed by atoms with Gasteiger partial charge in [-0.3, -0.25) is 4.79 Å². The Balaban J connectivity index is 1.74. The van der Waals surface area contributed by atoms with E-state index in [9.17, 15) is 14.4 Å². The van der Waals surface area contributed by atoms with Crippen LogP contribution in [0.3, 0.4) is 0 Å². The molecule has 1 saturated heterocycles. The zero-order valence-electron chi connectivity index (χ0n) is 12.2. The number of hydrogen-bond donors (Lipinski definition) is 2. The number of aromatic amines is 1. The first-order valence-electron chi connectivity index (χ1n) is 7.22. The van der Waals surface area contributed by atoms with Crippen molar-refractivity contribution in [3.05, 3.63) is 51.8 Å². The predicted octanol–water partition coefficient (Wildman–Crippen LogP) is 1.08. The van der Waals surface area contributed by atoms with Gasteiger partial charge in [0.25, 0.3) is 5.91 Å². The molecule has 1 amide bonds. The van der Waals surface area contributed by atoms with Crippen molar-refractivity contribution < 1.29 is 19.1 Å². The van der Waals surface area contributed by atoms with Crippen LogP contribution in [-0.2, 0) is 0 Å². The maximum atomic E-state index is 12.5. The number of amides is 1. The van der Waals surface area contributed by atoms with Crippen molar-refractivity contribution in [2.75, 3.05) is 13.1 Å². The van der Waals surface area contributed by atoms with E-state index in [4.69, 9.17) is 9.52 Å². The molecule has 8 heteroatoms. The van der Waals surface area contributed by atoms with Crippen molar-refractivity contribution in [2.24, 2.45) is 0 Å². The number of piperidine rings is 1. The molecule has 1 fully saturated rings. The quantitative estimate of drug-likeness (QED) is 0.875. The third kappa shape index (κ3) is 3.15. The fraction of sp³-hybridized carbons (Fsp3) is 0.333. The number of benzene rings is 1. The molecule has 1 aliphatic heterocycles. The number of carboxylic acids is 1. The van der Waals surface area contributed by atoms with Gasteiger partial charge in [0.2, 0.25) is 5.89 Å². The first-order chi connectivity index (χ1) is 11.0. The maximum Gasteiger partial charge on any atom is 0.434 e. The molecule has 0 spiro atoms. The molecule has 1 aromatic carbocycles. The van der Waals surface area contributed by atoms with Gasteiger partial charge in [-0.2, -0.15) is 0 Å². The Morgan fingerprint density at radius 3 is 2.57 bits per heavy atom. The first kappa shape index (κ1) is 15.0. The van der Waals surface area contributed by atoms with Crippen LogP contribution in [0.2, 0.25) is 0 Å². The van der Waals surface area contributed by atoms with Crippen molar-refractivity contribution in [3.8, 4) is 0 Å². The Morgan fingerprint density at radius 2 is 1.96 bits per heavy atom. The monoisotopic (exact) mass is 317 g/mol. The van der Waals surface area contributed by atoms with Crippen LogP contribution in [-0.4, -0.2) is 45.2 Å². The second kappa shape index (κ2) is 6.07. The summed E-state index contributed by atoms with van der Waals surface area (Å²) in [5.41, 5.74) is 0.565. The number of H-pyrrole nitrogens is 1. The molecule has 1 aromatic heterocycles. The Kier molecular flexibility index (Phi) is 3.96. The van der Waals surface area contributed by atoms with Gasteiger partial charge in [0, 0.05) is 18.7 Å². The Bertz CT molecular complexity index is 777. The molecule has 2 N–H and O–H groups in total. The number of rotatable bonds is 3. The molecule has 120 valence electrons. The SMILES string of the molecule is O=C(O)c1ccc(C(=O)N2CCCC(c3n[nH]c(=O)o3)C2)cc1. The van der Waals surface area contributed by atoms with E-state index >= 15 is 0 Å². The lowest BCUT2D eigenvalue weighted by Gasteiger charge is -2.31. The average molecular weight is 317 g/mol. The van der Waals surface area contributed by atoms with E-state index in [1.807, 2.05) is 0 Å². The van der Waals surface area contributed by atoms with Crippen molar-refractivity contribution in [1.82, 2.24) is 15.1 Å². The minimum absolute atomic E-state index is 0.120. The fourth-order valence-electron chi connectivity index (χ4n) is 2.72. The zero-order chi connectivity index (χ0) is 16.4. The summed E-state index contributed by atoms with van der Waals surface area (Å²) in [5.74, 6) is -1.62. The van der Waals surface area contributed by atoms with E-state index in [1.54, 1.807) is 4.90 Å². The summed E-state index contributed by atoms with van der Waals surface area (Å²) in [7, 11) is 0. The summed E-state index contributed by atoms with van der Waals surface area (Å²) in [6.45, 7) is 1.01. The predicted molar refractivity (Wildman–Crippen MR) is 78.4 cm³/mol. The standard InChI is InChI=1S/C15H15N3O5/c19-13(9-3-5-10(6-4-9)14(20)21)18-7-1-2-11(8-18)12-16-17-15(22)23-12/h3-6,11H,1-2,7-8H2,(H,17,22)(H,20,21). The molecule has 0 radical (unpaired) electrons. The minimum atomic E-state index is -1.03. The maximum absolute atomic E-state index is 12.5. The van der Waals surface area contributed by atoms with Gasteiger partial charge < -0.3 is 14.4 Å². The summed E-state index contributed by atoms with van der Waals surface area (Å²) in [6.07, 6.45) is 1.57. The molecule has 1 unspecified atom stereocenters. The lowest BCUT2D eigenvalue weighted by Crippen LogP contribution is -2.39. The number of aromatic carboxylic acids is 1. The fourth-order valence-corrected chi connectivity index (χ4v) is 2.72. The number of carboxylic acid groups (broad SMARTS) is 1. The molecule has 2 aromatic rings. The van der Waals surface area contributed by atoms with E-state index in [1.165, 1.54) is 24.3 Å². The van der Waals surface area contributed by atoms with Crippen molar-refractivity contribution >= 4 is 11.9 Å². The molecular formula is C15H15N3O5. The summed E-state index contributed by atoms with van der Waals surface area (Å²) in [5, 5.41) is 14.9. The molecule has 1 aliphatic rings. The third-order valence-electron chi connectivity index (χ3n) is 3.89. The number of carbonyl (C=O) groups excluding carboxylic acids is 1. The highest BCUT2D eigenvalue weighted by atomic mass is 16.4. The van der Waals surface area contributed by atoms with Gasteiger partial charge in [0.1, 0.15) is 0 Å². The lowest BCUT2D eigenvalue weighted by atomic mass is 9.97. The van der Waals surface area contributed by atoms with E-state index in [0.29, 0.717) is 24.5 Å². The van der Waals surface area contributed by atoms with Crippen LogP contribution in [0.25, 0.3) is 0 Å². The highest BCUT2D eigenvalue weighted by Crippen LogP contribution is 2.25. The molecule has 0 aliphatic carbocycles. The lowest BCUT2D eigenvalue weighted by molar-refractivity contribution is 0.0683. The normalized spacial score (nSPS) is 17.9. The van der Waals surface area contributed by atoms with E-state index in [0.717, 1.165) is 12.8 Å². The molecule has 8 nitrogen and oxygen atoms in total. The molecule has 2 heterocycles. The zero-order valence-corrected chi connectivity index (χ0v) is 12.2. The highest BCUT2D eigenvalue weighted by Gasteiger charge is 2.28. The van der Waals surface area contributed by atoms with Gasteiger partial charge in [-0.15, -0.1) is 5.10 Å².